The third-order valence-electron chi connectivity index (χ3n) is 4.29. The van der Waals surface area contributed by atoms with Gasteiger partial charge in [0.15, 0.2) is 0 Å². The molecule has 0 aliphatic rings. The van der Waals surface area contributed by atoms with Gasteiger partial charge in [0.1, 0.15) is 11.9 Å². The molecule has 0 fully saturated rings. The average molecular weight is 455 g/mol. The first-order chi connectivity index (χ1) is 14.1. The van der Waals surface area contributed by atoms with Crippen LogP contribution < -0.4 is 11.2 Å². The lowest BCUT2D eigenvalue weighted by molar-refractivity contribution is -0.138. The number of aromatic amines is 1. The fraction of sp³-hybridized carbons (Fsp3) is 0.158. The van der Waals surface area contributed by atoms with Gasteiger partial charge in [0, 0.05) is 0 Å². The van der Waals surface area contributed by atoms with E-state index in [9.17, 15) is 22.8 Å². The molecule has 1 N–H and O–H groups in total. The number of nitrogens with one attached hydrogen (secondary N) is 1. The largest absolute Gasteiger partial charge is 0.416 e. The van der Waals surface area contributed by atoms with Crippen LogP contribution in [0.5, 0.6) is 0 Å². The monoisotopic (exact) mass is 454 g/mol. The molecule has 1 aromatic heterocycles. The number of hydrogen-bond donors (Lipinski definition) is 1. The van der Waals surface area contributed by atoms with Gasteiger partial charge in [-0.3, -0.25) is 9.78 Å². The molecule has 0 unspecified atom stereocenters. The number of aromatic nitrogens is 3. The Morgan fingerprint density at radius 1 is 1.13 bits per heavy atom. The summed E-state index contributed by atoms with van der Waals surface area (Å²) in [6.45, 7) is 0. The number of H-pyrrole nitrogens is 1. The zero-order chi connectivity index (χ0) is 22.1. The molecule has 0 amide bonds. The molecule has 154 valence electrons. The van der Waals surface area contributed by atoms with Crippen LogP contribution in [0.3, 0.4) is 0 Å². The van der Waals surface area contributed by atoms with Gasteiger partial charge in [-0.2, -0.15) is 28.2 Å². The van der Waals surface area contributed by atoms with Crippen molar-refractivity contribution in [1.82, 2.24) is 14.8 Å². The van der Waals surface area contributed by atoms with Crippen molar-refractivity contribution in [3.05, 3.63) is 89.7 Å². The van der Waals surface area contributed by atoms with E-state index in [4.69, 9.17) is 28.5 Å². The van der Waals surface area contributed by atoms with Gasteiger partial charge < -0.3 is 0 Å². The average Bonchev–Trinajstić information content (AvgIpc) is 2.66. The van der Waals surface area contributed by atoms with Crippen LogP contribution in [0.1, 0.15) is 22.3 Å². The normalized spacial score (nSPS) is 11.3. The Balaban J connectivity index is 2.20. The summed E-state index contributed by atoms with van der Waals surface area (Å²) in [7, 11) is 0. The number of halogens is 5. The van der Waals surface area contributed by atoms with Gasteiger partial charge in [-0.25, -0.2) is 4.79 Å². The molecule has 0 spiro atoms. The summed E-state index contributed by atoms with van der Waals surface area (Å²) >= 11 is 12.5. The van der Waals surface area contributed by atoms with E-state index < -0.39 is 23.0 Å². The lowest BCUT2D eigenvalue weighted by Crippen LogP contribution is -2.30. The van der Waals surface area contributed by atoms with Crippen LogP contribution in [0.15, 0.2) is 46.1 Å². The smallest absolute Gasteiger partial charge is 0.271 e. The van der Waals surface area contributed by atoms with Crippen molar-refractivity contribution in [3.8, 4) is 11.8 Å². The van der Waals surface area contributed by atoms with Gasteiger partial charge in [0.25, 0.3) is 5.56 Å². The minimum absolute atomic E-state index is 0.00625. The first kappa shape index (κ1) is 21.6. The molecule has 1 heterocycles. The molecule has 0 radical (unpaired) electrons. The maximum atomic E-state index is 13.5. The van der Waals surface area contributed by atoms with Gasteiger partial charge >= 0.3 is 11.9 Å². The quantitative estimate of drug-likeness (QED) is 0.646. The van der Waals surface area contributed by atoms with Crippen LogP contribution in [0.25, 0.3) is 5.69 Å². The van der Waals surface area contributed by atoms with Gasteiger partial charge in [0.05, 0.1) is 28.1 Å². The number of nitriles is 1. The molecular weight excluding hydrogens is 444 g/mol. The lowest BCUT2D eigenvalue weighted by Gasteiger charge is -2.18. The second-order valence-corrected chi connectivity index (χ2v) is 6.96. The van der Waals surface area contributed by atoms with E-state index in [2.05, 4.69) is 5.10 Å². The molecule has 0 aliphatic carbocycles. The minimum atomic E-state index is -4.64. The van der Waals surface area contributed by atoms with E-state index >= 15 is 0 Å². The zero-order valence-corrected chi connectivity index (χ0v) is 16.4. The molecule has 0 bridgehead atoms. The molecular formula is C19H11Cl2F3N4O2. The molecule has 0 saturated carbocycles. The SMILES string of the molecule is N#CCc1cccc(C(F)(F)F)c1Cc1ccc(Cl)c(-n2ncc(=O)[nH]c2=O)c1Cl. The van der Waals surface area contributed by atoms with Gasteiger partial charge in [-0.15, -0.1) is 0 Å². The lowest BCUT2D eigenvalue weighted by atomic mass is 9.93. The highest BCUT2D eigenvalue weighted by Crippen LogP contribution is 2.37. The first-order valence-electron chi connectivity index (χ1n) is 8.34. The zero-order valence-electron chi connectivity index (χ0n) is 14.9. The van der Waals surface area contributed by atoms with E-state index in [1.165, 1.54) is 24.3 Å². The molecule has 0 saturated heterocycles. The van der Waals surface area contributed by atoms with Gasteiger partial charge in [-0.1, -0.05) is 41.4 Å². The summed E-state index contributed by atoms with van der Waals surface area (Å²) in [5.41, 5.74) is -2.29. The Bertz CT molecular complexity index is 1280. The number of hydrogen-bond acceptors (Lipinski definition) is 4. The third-order valence-corrected chi connectivity index (χ3v) is 5.01. The van der Waals surface area contributed by atoms with Crippen molar-refractivity contribution in [2.45, 2.75) is 19.0 Å². The van der Waals surface area contributed by atoms with Crippen molar-refractivity contribution in [1.29, 1.82) is 5.26 Å². The number of nitrogens with zero attached hydrogens (tertiary/aromatic N) is 3. The molecule has 11 heteroatoms. The van der Waals surface area contributed by atoms with Crippen molar-refractivity contribution in [3.63, 3.8) is 0 Å². The maximum absolute atomic E-state index is 13.5. The van der Waals surface area contributed by atoms with Gasteiger partial charge in [0.2, 0.25) is 0 Å². The number of rotatable bonds is 4. The molecule has 30 heavy (non-hydrogen) atoms. The minimum Gasteiger partial charge on any atom is -0.271 e. The molecule has 3 rings (SSSR count). The summed E-state index contributed by atoms with van der Waals surface area (Å²) < 4.78 is 41.4. The first-order valence-corrected chi connectivity index (χ1v) is 9.10. The fourth-order valence-corrected chi connectivity index (χ4v) is 3.57. The second-order valence-electron chi connectivity index (χ2n) is 6.17. The van der Waals surface area contributed by atoms with Crippen molar-refractivity contribution in [2.75, 3.05) is 0 Å². The summed E-state index contributed by atoms with van der Waals surface area (Å²) in [6.07, 6.45) is -4.29. The van der Waals surface area contributed by atoms with E-state index in [0.29, 0.717) is 0 Å². The summed E-state index contributed by atoms with van der Waals surface area (Å²) in [4.78, 5) is 25.3. The van der Waals surface area contributed by atoms with Crippen LogP contribution in [-0.4, -0.2) is 14.8 Å². The van der Waals surface area contributed by atoms with E-state index in [1.54, 1.807) is 0 Å². The van der Waals surface area contributed by atoms with Crippen LogP contribution in [0, 0.1) is 11.3 Å². The third kappa shape index (κ3) is 4.25. The topological polar surface area (TPSA) is 91.5 Å². The highest BCUT2D eigenvalue weighted by atomic mass is 35.5. The Labute approximate surface area is 177 Å². The molecule has 0 atom stereocenters. The predicted molar refractivity (Wildman–Crippen MR) is 104 cm³/mol. The van der Waals surface area contributed by atoms with Crippen molar-refractivity contribution < 1.29 is 13.2 Å². The predicted octanol–water partition coefficient (Wildman–Crippen LogP) is 3.90. The standard InChI is InChI=1S/C19H11Cl2F3N4O2/c20-14-5-4-11(16(21)17(14)28-18(30)27-15(29)9-26-28)8-12-10(6-7-25)2-1-3-13(12)19(22,23)24/h1-5,9H,6,8H2,(H,27,29,30). The van der Waals surface area contributed by atoms with Crippen LogP contribution in [0.4, 0.5) is 13.2 Å². The van der Waals surface area contributed by atoms with Crippen LogP contribution >= 0.6 is 23.2 Å². The van der Waals surface area contributed by atoms with Gasteiger partial charge in [-0.05, 0) is 35.2 Å². The highest BCUT2D eigenvalue weighted by Gasteiger charge is 2.34. The summed E-state index contributed by atoms with van der Waals surface area (Å²) in [5.74, 6) is 0. The molecule has 6 nitrogen and oxygen atoms in total. The Hall–Kier alpha value is -3.09. The Morgan fingerprint density at radius 3 is 2.50 bits per heavy atom. The van der Waals surface area contributed by atoms with Crippen molar-refractivity contribution >= 4 is 23.2 Å². The molecule has 3 aromatic rings. The Morgan fingerprint density at radius 2 is 1.87 bits per heavy atom. The second kappa shape index (κ2) is 8.34. The summed E-state index contributed by atoms with van der Waals surface area (Å²) in [5, 5.41) is 12.6. The van der Waals surface area contributed by atoms with Crippen LogP contribution in [0.2, 0.25) is 10.0 Å². The fourth-order valence-electron chi connectivity index (χ4n) is 2.98. The maximum Gasteiger partial charge on any atom is 0.416 e. The van der Waals surface area contributed by atoms with Crippen LogP contribution in [-0.2, 0) is 19.0 Å². The number of benzene rings is 2. The van der Waals surface area contributed by atoms with E-state index in [1.807, 2.05) is 11.1 Å². The Kier molecular flexibility index (Phi) is 6.01. The highest BCUT2D eigenvalue weighted by molar-refractivity contribution is 6.38. The number of alkyl halides is 3. The summed E-state index contributed by atoms with van der Waals surface area (Å²) in [6, 6.07) is 8.23. The van der Waals surface area contributed by atoms with E-state index in [-0.39, 0.29) is 45.3 Å². The van der Waals surface area contributed by atoms with Crippen molar-refractivity contribution in [2.24, 2.45) is 0 Å². The molecule has 0 aliphatic heterocycles. The molecule has 2 aromatic carbocycles. The van der Waals surface area contributed by atoms with E-state index in [0.717, 1.165) is 16.9 Å².